The number of nitrogens with zero attached hydrogens (tertiary/aromatic N) is 2. The van der Waals surface area contributed by atoms with Gasteiger partial charge in [-0.3, -0.25) is 0 Å². The van der Waals surface area contributed by atoms with Gasteiger partial charge in [0.1, 0.15) is 0 Å². The first-order valence-corrected chi connectivity index (χ1v) is 6.32. The van der Waals surface area contributed by atoms with Crippen molar-refractivity contribution in [2.75, 3.05) is 23.3 Å². The second-order valence-electron chi connectivity index (χ2n) is 4.88. The van der Waals surface area contributed by atoms with Gasteiger partial charge in [-0.15, -0.1) is 0 Å². The Bertz CT molecular complexity index is 383. The number of nitrogens with one attached hydrogen (secondary N) is 1. The molecule has 0 atom stereocenters. The highest BCUT2D eigenvalue weighted by Gasteiger charge is 2.27. The second-order valence-corrected chi connectivity index (χ2v) is 4.88. The number of anilines is 2. The largest absolute Gasteiger partial charge is 0.380 e. The van der Waals surface area contributed by atoms with Crippen molar-refractivity contribution < 1.29 is 0 Å². The zero-order valence-corrected chi connectivity index (χ0v) is 9.87. The number of aromatic nitrogens is 1. The molecule has 0 amide bonds. The molecule has 3 heteroatoms. The van der Waals surface area contributed by atoms with Crippen LogP contribution in [0.5, 0.6) is 0 Å². The van der Waals surface area contributed by atoms with Crippen LogP contribution in [-0.4, -0.2) is 24.1 Å². The number of pyridine rings is 1. The normalized spacial score (nSPS) is 20.7. The van der Waals surface area contributed by atoms with E-state index < -0.39 is 0 Å². The summed E-state index contributed by atoms with van der Waals surface area (Å²) in [7, 11) is 0. The Hall–Kier alpha value is -1.25. The summed E-state index contributed by atoms with van der Waals surface area (Å²) in [5.74, 6) is 1.18. The fraction of sp³-hybridized carbons (Fsp3) is 0.615. The average molecular weight is 217 g/mol. The molecule has 16 heavy (non-hydrogen) atoms. The SMILES string of the molecule is Cc1ccnc2c1NCCN2C1CCCC1. The summed E-state index contributed by atoms with van der Waals surface area (Å²) in [5, 5.41) is 3.48. The lowest BCUT2D eigenvalue weighted by Crippen LogP contribution is -2.41. The molecule has 1 aliphatic carbocycles. The Morgan fingerprint density at radius 2 is 2.19 bits per heavy atom. The Labute approximate surface area is 96.9 Å². The summed E-state index contributed by atoms with van der Waals surface area (Å²) in [4.78, 5) is 7.09. The number of aryl methyl sites for hydroxylation is 1. The van der Waals surface area contributed by atoms with Crippen molar-refractivity contribution >= 4 is 11.5 Å². The maximum Gasteiger partial charge on any atom is 0.152 e. The highest BCUT2D eigenvalue weighted by Crippen LogP contribution is 2.34. The number of fused-ring (bicyclic) bond motifs is 1. The van der Waals surface area contributed by atoms with E-state index in [-0.39, 0.29) is 0 Å². The van der Waals surface area contributed by atoms with E-state index in [1.807, 2.05) is 6.20 Å². The van der Waals surface area contributed by atoms with Gasteiger partial charge in [0.2, 0.25) is 0 Å². The quantitative estimate of drug-likeness (QED) is 0.783. The Balaban J connectivity index is 1.96. The van der Waals surface area contributed by atoms with Crippen LogP contribution in [0.2, 0.25) is 0 Å². The minimum Gasteiger partial charge on any atom is -0.380 e. The Morgan fingerprint density at radius 1 is 1.38 bits per heavy atom. The fourth-order valence-corrected chi connectivity index (χ4v) is 2.96. The van der Waals surface area contributed by atoms with Gasteiger partial charge in [0.05, 0.1) is 5.69 Å². The molecule has 1 saturated carbocycles. The molecule has 1 fully saturated rings. The first kappa shape index (κ1) is 9.94. The molecule has 0 bridgehead atoms. The van der Waals surface area contributed by atoms with Crippen molar-refractivity contribution in [3.63, 3.8) is 0 Å². The third-order valence-electron chi connectivity index (χ3n) is 3.83. The number of hydrogen-bond donors (Lipinski definition) is 1. The molecule has 0 spiro atoms. The van der Waals surface area contributed by atoms with Gasteiger partial charge >= 0.3 is 0 Å². The molecule has 1 aliphatic heterocycles. The molecular formula is C13H19N3. The molecule has 1 aromatic rings. The van der Waals surface area contributed by atoms with Crippen molar-refractivity contribution in [1.29, 1.82) is 0 Å². The van der Waals surface area contributed by atoms with Crippen molar-refractivity contribution in [3.05, 3.63) is 17.8 Å². The van der Waals surface area contributed by atoms with Crippen LogP contribution < -0.4 is 10.2 Å². The summed E-state index contributed by atoms with van der Waals surface area (Å²) < 4.78 is 0. The molecule has 1 N–H and O–H groups in total. The minimum atomic E-state index is 0.732. The third kappa shape index (κ3) is 1.55. The van der Waals surface area contributed by atoms with Crippen LogP contribution in [0.25, 0.3) is 0 Å². The van der Waals surface area contributed by atoms with Crippen LogP contribution in [0, 0.1) is 6.92 Å². The summed E-state index contributed by atoms with van der Waals surface area (Å²) in [6.07, 6.45) is 7.39. The van der Waals surface area contributed by atoms with Crippen molar-refractivity contribution in [2.24, 2.45) is 0 Å². The van der Waals surface area contributed by atoms with Crippen molar-refractivity contribution in [2.45, 2.75) is 38.6 Å². The van der Waals surface area contributed by atoms with Crippen molar-refractivity contribution in [1.82, 2.24) is 4.98 Å². The molecule has 0 radical (unpaired) electrons. The predicted octanol–water partition coefficient (Wildman–Crippen LogP) is 2.56. The molecule has 1 aromatic heterocycles. The molecule has 0 unspecified atom stereocenters. The van der Waals surface area contributed by atoms with Crippen LogP contribution >= 0.6 is 0 Å². The summed E-state index contributed by atoms with van der Waals surface area (Å²) in [5.41, 5.74) is 2.56. The molecule has 2 heterocycles. The molecular weight excluding hydrogens is 198 g/mol. The van der Waals surface area contributed by atoms with Gasteiger partial charge < -0.3 is 10.2 Å². The van der Waals surface area contributed by atoms with Gasteiger partial charge in [0, 0.05) is 25.3 Å². The van der Waals surface area contributed by atoms with Crippen LogP contribution in [-0.2, 0) is 0 Å². The number of hydrogen-bond acceptors (Lipinski definition) is 3. The van der Waals surface area contributed by atoms with E-state index in [0.29, 0.717) is 0 Å². The minimum absolute atomic E-state index is 0.732. The lowest BCUT2D eigenvalue weighted by Gasteiger charge is -2.36. The lowest BCUT2D eigenvalue weighted by molar-refractivity contribution is 0.599. The maximum atomic E-state index is 4.57. The topological polar surface area (TPSA) is 28.2 Å². The van der Waals surface area contributed by atoms with Gasteiger partial charge in [0.25, 0.3) is 0 Å². The second kappa shape index (κ2) is 3.96. The van der Waals surface area contributed by atoms with E-state index in [9.17, 15) is 0 Å². The zero-order valence-electron chi connectivity index (χ0n) is 9.87. The summed E-state index contributed by atoms with van der Waals surface area (Å²) in [6, 6.07) is 2.82. The van der Waals surface area contributed by atoms with Crippen LogP contribution in [0.3, 0.4) is 0 Å². The highest BCUT2D eigenvalue weighted by molar-refractivity contribution is 5.71. The first-order valence-electron chi connectivity index (χ1n) is 6.32. The van der Waals surface area contributed by atoms with Crippen LogP contribution in [0.15, 0.2) is 12.3 Å². The smallest absolute Gasteiger partial charge is 0.152 e. The standard InChI is InChI=1S/C13H19N3/c1-10-6-7-15-13-12(10)14-8-9-16(13)11-4-2-3-5-11/h6-7,11,14H,2-5,8-9H2,1H3. The monoisotopic (exact) mass is 217 g/mol. The molecule has 0 saturated heterocycles. The van der Waals surface area contributed by atoms with Gasteiger partial charge in [0.15, 0.2) is 5.82 Å². The summed E-state index contributed by atoms with van der Waals surface area (Å²) in [6.45, 7) is 4.32. The number of rotatable bonds is 1. The molecule has 3 nitrogen and oxygen atoms in total. The van der Waals surface area contributed by atoms with Gasteiger partial charge in [-0.25, -0.2) is 4.98 Å². The van der Waals surface area contributed by atoms with E-state index >= 15 is 0 Å². The zero-order chi connectivity index (χ0) is 11.0. The third-order valence-corrected chi connectivity index (χ3v) is 3.83. The van der Waals surface area contributed by atoms with E-state index in [1.165, 1.54) is 42.8 Å². The van der Waals surface area contributed by atoms with E-state index in [1.54, 1.807) is 0 Å². The first-order chi connectivity index (χ1) is 7.86. The Morgan fingerprint density at radius 3 is 3.00 bits per heavy atom. The van der Waals surface area contributed by atoms with E-state index in [4.69, 9.17) is 0 Å². The molecule has 86 valence electrons. The fourth-order valence-electron chi connectivity index (χ4n) is 2.96. The van der Waals surface area contributed by atoms with Gasteiger partial charge in [-0.2, -0.15) is 0 Å². The predicted molar refractivity (Wildman–Crippen MR) is 67.1 cm³/mol. The molecule has 0 aromatic carbocycles. The maximum absolute atomic E-state index is 4.57. The molecule has 2 aliphatic rings. The summed E-state index contributed by atoms with van der Waals surface area (Å²) >= 11 is 0. The van der Waals surface area contributed by atoms with Crippen molar-refractivity contribution in [3.8, 4) is 0 Å². The van der Waals surface area contributed by atoms with Gasteiger partial charge in [-0.05, 0) is 31.4 Å². The van der Waals surface area contributed by atoms with Crippen LogP contribution in [0.4, 0.5) is 11.5 Å². The Kier molecular flexibility index (Phi) is 2.46. The van der Waals surface area contributed by atoms with E-state index in [2.05, 4.69) is 28.2 Å². The lowest BCUT2D eigenvalue weighted by atomic mass is 10.1. The average Bonchev–Trinajstić information content (AvgIpc) is 2.82. The highest BCUT2D eigenvalue weighted by atomic mass is 15.3. The van der Waals surface area contributed by atoms with Crippen LogP contribution in [0.1, 0.15) is 31.2 Å². The van der Waals surface area contributed by atoms with E-state index in [0.717, 1.165) is 19.1 Å². The van der Waals surface area contributed by atoms with Gasteiger partial charge in [-0.1, -0.05) is 12.8 Å². The molecule has 3 rings (SSSR count).